The fourth-order valence-corrected chi connectivity index (χ4v) is 4.45. The minimum Gasteiger partial charge on any atom is -0.281 e. The highest BCUT2D eigenvalue weighted by Crippen LogP contribution is 2.31. The van der Waals surface area contributed by atoms with Crippen LogP contribution in [-0.4, -0.2) is 10.3 Å². The van der Waals surface area contributed by atoms with Crippen LogP contribution in [0.2, 0.25) is 10.0 Å². The summed E-state index contributed by atoms with van der Waals surface area (Å²) in [6.07, 6.45) is 1.73. The number of aliphatic imine (C=N–C) groups is 1. The summed E-state index contributed by atoms with van der Waals surface area (Å²) in [6, 6.07) is 36.5. The van der Waals surface area contributed by atoms with Crippen molar-refractivity contribution in [1.29, 1.82) is 0 Å². The van der Waals surface area contributed by atoms with Crippen molar-refractivity contribution in [2.24, 2.45) is 4.99 Å². The molecule has 0 atom stereocenters. The molecule has 0 fully saturated rings. The third-order valence-corrected chi connectivity index (χ3v) is 6.18. The molecule has 0 aliphatic heterocycles. The highest BCUT2D eigenvalue weighted by atomic mass is 35.5. The quantitative estimate of drug-likeness (QED) is 0.228. The van der Waals surface area contributed by atoms with E-state index in [4.69, 9.17) is 28.2 Å². The summed E-state index contributed by atoms with van der Waals surface area (Å²) >= 11 is 12.6. The summed E-state index contributed by atoms with van der Waals surface area (Å²) < 4.78 is 1.51. The SMILES string of the molecule is O=c1c(N=C(c2ccccc2)c2ccccc2)c(-c2ccccc2)ccn1-c1ccc(Cl)cc1Cl. The van der Waals surface area contributed by atoms with Gasteiger partial charge in [-0.2, -0.15) is 0 Å². The zero-order valence-corrected chi connectivity index (χ0v) is 20.1. The lowest BCUT2D eigenvalue weighted by Crippen LogP contribution is -2.19. The Balaban J connectivity index is 1.81. The van der Waals surface area contributed by atoms with Gasteiger partial charge in [0, 0.05) is 27.9 Å². The average Bonchev–Trinajstić information content (AvgIpc) is 2.90. The second-order valence-corrected chi connectivity index (χ2v) is 8.75. The summed E-state index contributed by atoms with van der Waals surface area (Å²) in [5.41, 5.74) is 4.76. The molecule has 5 heteroatoms. The van der Waals surface area contributed by atoms with Gasteiger partial charge in [-0.25, -0.2) is 4.99 Å². The lowest BCUT2D eigenvalue weighted by atomic mass is 10.0. The summed E-state index contributed by atoms with van der Waals surface area (Å²) in [7, 11) is 0. The number of benzene rings is 4. The van der Waals surface area contributed by atoms with E-state index in [1.54, 1.807) is 24.4 Å². The highest BCUT2D eigenvalue weighted by Gasteiger charge is 2.16. The molecule has 0 spiro atoms. The van der Waals surface area contributed by atoms with Gasteiger partial charge in [-0.05, 0) is 29.8 Å². The maximum atomic E-state index is 14.0. The van der Waals surface area contributed by atoms with Gasteiger partial charge in [0.05, 0.1) is 16.4 Å². The number of nitrogens with zero attached hydrogens (tertiary/aromatic N) is 2. The molecule has 35 heavy (non-hydrogen) atoms. The molecular weight excluding hydrogens is 475 g/mol. The van der Waals surface area contributed by atoms with Crippen LogP contribution in [0.4, 0.5) is 5.69 Å². The fraction of sp³-hybridized carbons (Fsp3) is 0. The maximum absolute atomic E-state index is 14.0. The van der Waals surface area contributed by atoms with E-state index in [1.165, 1.54) is 4.57 Å². The summed E-state index contributed by atoms with van der Waals surface area (Å²) in [5, 5.41) is 0.884. The van der Waals surface area contributed by atoms with Crippen LogP contribution in [0.15, 0.2) is 131 Å². The van der Waals surface area contributed by atoms with Crippen molar-refractivity contribution in [3.63, 3.8) is 0 Å². The van der Waals surface area contributed by atoms with Crippen molar-refractivity contribution in [1.82, 2.24) is 4.57 Å². The molecule has 170 valence electrons. The Morgan fingerprint density at radius 1 is 0.686 bits per heavy atom. The first kappa shape index (κ1) is 22.9. The molecule has 1 heterocycles. The molecule has 0 saturated carbocycles. The molecule has 0 radical (unpaired) electrons. The summed E-state index contributed by atoms with van der Waals surface area (Å²) in [5.74, 6) is 0. The lowest BCUT2D eigenvalue weighted by molar-refractivity contribution is 0.990. The summed E-state index contributed by atoms with van der Waals surface area (Å²) in [6.45, 7) is 0. The van der Waals surface area contributed by atoms with Gasteiger partial charge in [0.15, 0.2) is 0 Å². The molecule has 5 rings (SSSR count). The molecule has 4 aromatic carbocycles. The third-order valence-electron chi connectivity index (χ3n) is 5.64. The van der Waals surface area contributed by atoms with Crippen molar-refractivity contribution in [3.05, 3.63) is 153 Å². The number of rotatable bonds is 5. The van der Waals surface area contributed by atoms with Crippen LogP contribution < -0.4 is 5.56 Å². The van der Waals surface area contributed by atoms with Gasteiger partial charge in [-0.15, -0.1) is 0 Å². The normalized spacial score (nSPS) is 10.7. The van der Waals surface area contributed by atoms with E-state index >= 15 is 0 Å². The second-order valence-electron chi connectivity index (χ2n) is 7.91. The van der Waals surface area contributed by atoms with Crippen molar-refractivity contribution in [2.45, 2.75) is 0 Å². The van der Waals surface area contributed by atoms with Crippen molar-refractivity contribution in [3.8, 4) is 16.8 Å². The highest BCUT2D eigenvalue weighted by molar-refractivity contribution is 6.35. The Labute approximate surface area is 213 Å². The smallest absolute Gasteiger partial charge is 0.281 e. The second kappa shape index (κ2) is 10.1. The van der Waals surface area contributed by atoms with Gasteiger partial charge in [-0.1, -0.05) is 114 Å². The molecule has 0 amide bonds. The molecule has 1 aromatic heterocycles. The van der Waals surface area contributed by atoms with Crippen molar-refractivity contribution < 1.29 is 0 Å². The number of hydrogen-bond donors (Lipinski definition) is 0. The van der Waals surface area contributed by atoms with Crippen molar-refractivity contribution in [2.75, 3.05) is 0 Å². The Hall–Kier alpha value is -3.92. The molecule has 3 nitrogen and oxygen atoms in total. The number of aromatic nitrogens is 1. The Morgan fingerprint density at radius 3 is 1.83 bits per heavy atom. The molecule has 0 bridgehead atoms. The van der Waals surface area contributed by atoms with Gasteiger partial charge >= 0.3 is 0 Å². The lowest BCUT2D eigenvalue weighted by Gasteiger charge is -2.14. The van der Waals surface area contributed by atoms with Crippen LogP contribution in [0.3, 0.4) is 0 Å². The van der Waals surface area contributed by atoms with Gasteiger partial charge in [0.25, 0.3) is 5.56 Å². The molecule has 0 saturated heterocycles. The van der Waals surface area contributed by atoms with Gasteiger partial charge < -0.3 is 0 Å². The first-order valence-electron chi connectivity index (χ1n) is 11.1. The molecule has 0 aliphatic rings. The number of hydrogen-bond acceptors (Lipinski definition) is 2. The molecule has 0 N–H and O–H groups in total. The summed E-state index contributed by atoms with van der Waals surface area (Å²) in [4.78, 5) is 19.0. The predicted octanol–water partition coefficient (Wildman–Crippen LogP) is 7.98. The van der Waals surface area contributed by atoms with E-state index in [2.05, 4.69) is 0 Å². The monoisotopic (exact) mass is 494 g/mol. The largest absolute Gasteiger partial charge is 0.281 e. The molecule has 0 unspecified atom stereocenters. The van der Waals surface area contributed by atoms with Crippen LogP contribution in [0.1, 0.15) is 11.1 Å². The van der Waals surface area contributed by atoms with Gasteiger partial charge in [0.1, 0.15) is 5.69 Å². The van der Waals surface area contributed by atoms with E-state index in [1.807, 2.05) is 97.1 Å². The average molecular weight is 495 g/mol. The van der Waals surface area contributed by atoms with Crippen molar-refractivity contribution >= 4 is 34.6 Å². The standard InChI is InChI=1S/C30H20Cl2N2O/c31-24-16-17-27(26(32)20-24)34-19-18-25(21-10-4-1-5-11-21)29(30(34)35)33-28(22-12-6-2-7-13-22)23-14-8-3-9-15-23/h1-20H. The number of halogens is 2. The van der Waals surface area contributed by atoms with E-state index in [-0.39, 0.29) is 5.56 Å². The zero-order valence-electron chi connectivity index (χ0n) is 18.6. The predicted molar refractivity (Wildman–Crippen MR) is 146 cm³/mol. The Morgan fingerprint density at radius 2 is 1.26 bits per heavy atom. The van der Waals surface area contributed by atoms with Crippen LogP contribution in [-0.2, 0) is 0 Å². The molecule has 0 aliphatic carbocycles. The molecular formula is C30H20Cl2N2O. The minimum atomic E-state index is -0.278. The van der Waals surface area contributed by atoms with E-state index in [9.17, 15) is 4.79 Å². The Bertz CT molecular complexity index is 1520. The van der Waals surface area contributed by atoms with Crippen LogP contribution in [0.5, 0.6) is 0 Å². The zero-order chi connectivity index (χ0) is 24.2. The van der Waals surface area contributed by atoms with Crippen LogP contribution in [0, 0.1) is 0 Å². The van der Waals surface area contributed by atoms with E-state index < -0.39 is 0 Å². The molecule has 5 aromatic rings. The maximum Gasteiger partial charge on any atom is 0.281 e. The van der Waals surface area contributed by atoms with Crippen LogP contribution >= 0.6 is 23.2 Å². The van der Waals surface area contributed by atoms with E-state index in [0.717, 1.165) is 22.3 Å². The third kappa shape index (κ3) is 4.83. The minimum absolute atomic E-state index is 0.278. The first-order valence-corrected chi connectivity index (χ1v) is 11.8. The van der Waals surface area contributed by atoms with Gasteiger partial charge in [-0.3, -0.25) is 9.36 Å². The fourth-order valence-electron chi connectivity index (χ4n) is 3.95. The first-order chi connectivity index (χ1) is 17.1. The van der Waals surface area contributed by atoms with E-state index in [0.29, 0.717) is 27.1 Å². The van der Waals surface area contributed by atoms with Gasteiger partial charge in [0.2, 0.25) is 0 Å². The number of pyridine rings is 1. The Kier molecular flexibility index (Phi) is 6.62. The topological polar surface area (TPSA) is 34.4 Å². The van der Waals surface area contributed by atoms with Crippen LogP contribution in [0.25, 0.3) is 16.8 Å².